The zero-order chi connectivity index (χ0) is 21.8. The van der Waals surface area contributed by atoms with Gasteiger partial charge in [0.2, 0.25) is 0 Å². The minimum absolute atomic E-state index is 0.815. The van der Waals surface area contributed by atoms with Gasteiger partial charge in [-0.3, -0.25) is 9.80 Å². The Labute approximate surface area is 191 Å². The van der Waals surface area contributed by atoms with Gasteiger partial charge in [0.05, 0.1) is 37.9 Å². The first-order chi connectivity index (χ1) is 15.9. The van der Waals surface area contributed by atoms with Gasteiger partial charge in [0.15, 0.2) is 0 Å². The molecule has 2 saturated heterocycles. The topological polar surface area (TPSA) is 49.7 Å². The van der Waals surface area contributed by atoms with Crippen molar-refractivity contribution in [1.82, 2.24) is 9.80 Å². The lowest BCUT2D eigenvalue weighted by Gasteiger charge is -2.26. The fraction of sp³-hybridized carbons (Fsp3) is 0.462. The van der Waals surface area contributed by atoms with Crippen LogP contribution in [-0.4, -0.2) is 86.9 Å². The molecular formula is C26H34N4O2. The standard InChI is InChI=1S/C26H34N4O2/c1-3-7-23(8-4-1)25(11-13-29-15-19-31-20-16-29)27-28-26(24-9-5-2-6-10-24)12-14-30-17-21-32-22-18-30/h1-10H,11-22H2/b27-25-,28-26-. The van der Waals surface area contributed by atoms with E-state index in [4.69, 9.17) is 19.7 Å². The highest BCUT2D eigenvalue weighted by Gasteiger charge is 2.14. The molecule has 6 heteroatoms. The van der Waals surface area contributed by atoms with Gasteiger partial charge in [-0.2, -0.15) is 10.2 Å². The maximum atomic E-state index is 5.49. The van der Waals surface area contributed by atoms with Crippen molar-refractivity contribution < 1.29 is 9.47 Å². The third-order valence-electron chi connectivity index (χ3n) is 6.04. The van der Waals surface area contributed by atoms with Crippen LogP contribution in [0.25, 0.3) is 0 Å². The van der Waals surface area contributed by atoms with Crippen molar-refractivity contribution in [3.63, 3.8) is 0 Å². The van der Waals surface area contributed by atoms with Gasteiger partial charge in [-0.05, 0) is 11.1 Å². The second kappa shape index (κ2) is 12.6. The van der Waals surface area contributed by atoms with Crippen molar-refractivity contribution in [2.45, 2.75) is 12.8 Å². The summed E-state index contributed by atoms with van der Waals surface area (Å²) in [5, 5.41) is 9.64. The average Bonchev–Trinajstić information content (AvgIpc) is 2.88. The predicted octanol–water partition coefficient (Wildman–Crippen LogP) is 3.32. The van der Waals surface area contributed by atoms with Crippen molar-refractivity contribution in [2.24, 2.45) is 10.2 Å². The summed E-state index contributed by atoms with van der Waals surface area (Å²) < 4.78 is 11.0. The number of morpholine rings is 2. The van der Waals surface area contributed by atoms with Gasteiger partial charge in [-0.1, -0.05) is 60.7 Å². The van der Waals surface area contributed by atoms with Gasteiger partial charge in [-0.15, -0.1) is 0 Å². The highest BCUT2D eigenvalue weighted by Crippen LogP contribution is 2.11. The Morgan fingerprint density at radius 1 is 0.594 bits per heavy atom. The summed E-state index contributed by atoms with van der Waals surface area (Å²) in [6, 6.07) is 20.9. The number of hydrogen-bond acceptors (Lipinski definition) is 6. The van der Waals surface area contributed by atoms with E-state index < -0.39 is 0 Å². The maximum Gasteiger partial charge on any atom is 0.0715 e. The molecule has 2 heterocycles. The molecule has 4 rings (SSSR count). The molecule has 170 valence electrons. The second-order valence-electron chi connectivity index (χ2n) is 8.23. The van der Waals surface area contributed by atoms with Gasteiger partial charge < -0.3 is 9.47 Å². The lowest BCUT2D eigenvalue weighted by molar-refractivity contribution is 0.0391. The number of rotatable bonds is 9. The SMILES string of the molecule is c1ccc(/C(CCN2CCOCC2)=N\N=C(\CCN2CCOCC2)c2ccccc2)cc1. The third-order valence-corrected chi connectivity index (χ3v) is 6.04. The van der Waals surface area contributed by atoms with Crippen LogP contribution in [-0.2, 0) is 9.47 Å². The number of ether oxygens (including phenoxy) is 2. The molecule has 0 atom stereocenters. The van der Waals surface area contributed by atoms with E-state index in [2.05, 4.69) is 58.3 Å². The first-order valence-electron chi connectivity index (χ1n) is 11.7. The fourth-order valence-corrected chi connectivity index (χ4v) is 4.06. The molecule has 2 aliphatic rings. The molecule has 0 N–H and O–H groups in total. The summed E-state index contributed by atoms with van der Waals surface area (Å²) in [4.78, 5) is 4.89. The summed E-state index contributed by atoms with van der Waals surface area (Å²) in [6.07, 6.45) is 1.75. The average molecular weight is 435 g/mol. The van der Waals surface area contributed by atoms with Gasteiger partial charge >= 0.3 is 0 Å². The van der Waals surface area contributed by atoms with Crippen LogP contribution in [0.3, 0.4) is 0 Å². The molecule has 0 amide bonds. The Morgan fingerprint density at radius 2 is 0.969 bits per heavy atom. The van der Waals surface area contributed by atoms with Crippen molar-refractivity contribution in [2.75, 3.05) is 65.7 Å². The first-order valence-corrected chi connectivity index (χ1v) is 11.7. The third kappa shape index (κ3) is 7.07. The van der Waals surface area contributed by atoms with E-state index in [1.54, 1.807) is 0 Å². The quantitative estimate of drug-likeness (QED) is 0.449. The van der Waals surface area contributed by atoms with E-state index in [9.17, 15) is 0 Å². The van der Waals surface area contributed by atoms with Crippen molar-refractivity contribution in [1.29, 1.82) is 0 Å². The summed E-state index contributed by atoms with van der Waals surface area (Å²) in [6.45, 7) is 9.15. The van der Waals surface area contributed by atoms with Crippen LogP contribution < -0.4 is 0 Å². The van der Waals surface area contributed by atoms with E-state index in [0.717, 1.165) is 101 Å². The van der Waals surface area contributed by atoms with Crippen LogP contribution in [0.1, 0.15) is 24.0 Å². The van der Waals surface area contributed by atoms with Crippen molar-refractivity contribution in [3.8, 4) is 0 Å². The van der Waals surface area contributed by atoms with Crippen molar-refractivity contribution in [3.05, 3.63) is 71.8 Å². The molecule has 0 radical (unpaired) electrons. The van der Waals surface area contributed by atoms with E-state index in [0.29, 0.717) is 0 Å². The van der Waals surface area contributed by atoms with E-state index in [1.165, 1.54) is 0 Å². The van der Waals surface area contributed by atoms with E-state index in [1.807, 2.05) is 12.1 Å². The zero-order valence-corrected chi connectivity index (χ0v) is 18.9. The molecule has 2 aromatic carbocycles. The van der Waals surface area contributed by atoms with Gasteiger partial charge in [-0.25, -0.2) is 0 Å². The molecule has 0 unspecified atom stereocenters. The summed E-state index contributed by atoms with van der Waals surface area (Å²) in [5.74, 6) is 0. The zero-order valence-electron chi connectivity index (χ0n) is 18.9. The second-order valence-corrected chi connectivity index (χ2v) is 8.23. The number of benzene rings is 2. The summed E-state index contributed by atoms with van der Waals surface area (Å²) in [7, 11) is 0. The van der Waals surface area contributed by atoms with Gasteiger partial charge in [0.1, 0.15) is 0 Å². The molecule has 0 spiro atoms. The highest BCUT2D eigenvalue weighted by atomic mass is 16.5. The molecule has 0 saturated carbocycles. The van der Waals surface area contributed by atoms with E-state index in [-0.39, 0.29) is 0 Å². The molecule has 2 aliphatic heterocycles. The normalized spacial score (nSPS) is 19.2. The minimum Gasteiger partial charge on any atom is -0.379 e. The van der Waals surface area contributed by atoms with Crippen LogP contribution in [0, 0.1) is 0 Å². The smallest absolute Gasteiger partial charge is 0.0715 e. The van der Waals surface area contributed by atoms with Crippen LogP contribution in [0.2, 0.25) is 0 Å². The maximum absolute atomic E-state index is 5.49. The Bertz CT molecular complexity index is 784. The van der Waals surface area contributed by atoms with Crippen LogP contribution >= 0.6 is 0 Å². The van der Waals surface area contributed by atoms with Crippen LogP contribution in [0.4, 0.5) is 0 Å². The lowest BCUT2D eigenvalue weighted by Crippen LogP contribution is -2.37. The minimum atomic E-state index is 0.815. The van der Waals surface area contributed by atoms with Gasteiger partial charge in [0, 0.05) is 52.1 Å². The Hall–Kier alpha value is -2.38. The predicted molar refractivity (Wildman–Crippen MR) is 130 cm³/mol. The monoisotopic (exact) mass is 434 g/mol. The molecule has 0 aliphatic carbocycles. The Balaban J connectivity index is 1.52. The molecule has 2 aromatic rings. The van der Waals surface area contributed by atoms with Gasteiger partial charge in [0.25, 0.3) is 0 Å². The first kappa shape index (κ1) is 22.8. The summed E-state index contributed by atoms with van der Waals surface area (Å²) >= 11 is 0. The Morgan fingerprint density at radius 3 is 1.34 bits per heavy atom. The van der Waals surface area contributed by atoms with Crippen molar-refractivity contribution >= 4 is 11.4 Å². The Kier molecular flexibility index (Phi) is 8.98. The molecule has 32 heavy (non-hydrogen) atoms. The number of hydrogen-bond donors (Lipinski definition) is 0. The molecule has 0 bridgehead atoms. The lowest BCUT2D eigenvalue weighted by atomic mass is 10.1. The largest absolute Gasteiger partial charge is 0.379 e. The fourth-order valence-electron chi connectivity index (χ4n) is 4.06. The summed E-state index contributed by atoms with van der Waals surface area (Å²) in [5.41, 5.74) is 4.36. The van der Waals surface area contributed by atoms with E-state index >= 15 is 0 Å². The molecule has 0 aromatic heterocycles. The number of nitrogens with zero attached hydrogens (tertiary/aromatic N) is 4. The highest BCUT2D eigenvalue weighted by molar-refractivity contribution is 6.03. The molecule has 6 nitrogen and oxygen atoms in total. The molecular weight excluding hydrogens is 400 g/mol. The van der Waals surface area contributed by atoms with Crippen LogP contribution in [0.15, 0.2) is 70.9 Å². The van der Waals surface area contributed by atoms with Crippen LogP contribution in [0.5, 0.6) is 0 Å². The molecule has 2 fully saturated rings.